The molecule has 0 aliphatic carbocycles. The van der Waals surface area contributed by atoms with E-state index < -0.39 is 11.2 Å². The van der Waals surface area contributed by atoms with E-state index in [0.717, 1.165) is 30.3 Å². The molecule has 0 saturated heterocycles. The predicted molar refractivity (Wildman–Crippen MR) is 92.4 cm³/mol. The quantitative estimate of drug-likeness (QED) is 0.587. The van der Waals surface area contributed by atoms with Crippen LogP contribution < -0.4 is 16.6 Å². The second-order valence-corrected chi connectivity index (χ2v) is 6.09. The number of carbonyl (C=O) groups excluding carboxylic acids is 1. The smallest absolute Gasteiger partial charge is 0.332 e. The molecule has 132 valence electrons. The number of amides is 1. The van der Waals surface area contributed by atoms with Gasteiger partial charge in [-0.15, -0.1) is 0 Å². The Morgan fingerprint density at radius 1 is 1.17 bits per heavy atom. The SMILES string of the molecule is CCCCCCNC(=O)Cn1c(Cl)nc2c1c(=O)n(C)c(=O)n2C. The summed E-state index contributed by atoms with van der Waals surface area (Å²) in [4.78, 5) is 40.4. The molecule has 1 N–H and O–H groups in total. The van der Waals surface area contributed by atoms with Gasteiger partial charge in [0, 0.05) is 20.6 Å². The van der Waals surface area contributed by atoms with Gasteiger partial charge in [-0.25, -0.2) is 4.79 Å². The zero-order valence-corrected chi connectivity index (χ0v) is 14.9. The Balaban J connectivity index is 2.24. The number of aryl methyl sites for hydroxylation is 1. The van der Waals surface area contributed by atoms with Crippen LogP contribution in [0.15, 0.2) is 9.59 Å². The maximum atomic E-state index is 12.3. The Morgan fingerprint density at radius 3 is 2.54 bits per heavy atom. The minimum atomic E-state index is -0.525. The fourth-order valence-electron chi connectivity index (χ4n) is 2.54. The van der Waals surface area contributed by atoms with Crippen LogP contribution in [-0.4, -0.2) is 31.1 Å². The summed E-state index contributed by atoms with van der Waals surface area (Å²) in [7, 11) is 2.88. The van der Waals surface area contributed by atoms with E-state index in [2.05, 4.69) is 17.2 Å². The molecule has 0 aliphatic heterocycles. The second kappa shape index (κ2) is 7.65. The lowest BCUT2D eigenvalue weighted by Crippen LogP contribution is -2.38. The first-order valence-electron chi connectivity index (χ1n) is 7.97. The van der Waals surface area contributed by atoms with Crippen LogP contribution in [0.1, 0.15) is 32.6 Å². The molecule has 0 saturated carbocycles. The van der Waals surface area contributed by atoms with E-state index >= 15 is 0 Å². The van der Waals surface area contributed by atoms with Gasteiger partial charge in [0.25, 0.3) is 5.56 Å². The van der Waals surface area contributed by atoms with Gasteiger partial charge in [0.15, 0.2) is 11.2 Å². The largest absolute Gasteiger partial charge is 0.355 e. The van der Waals surface area contributed by atoms with Gasteiger partial charge in [0.05, 0.1) is 0 Å². The number of nitrogens with zero attached hydrogens (tertiary/aromatic N) is 4. The number of nitrogens with one attached hydrogen (secondary N) is 1. The number of imidazole rings is 1. The fraction of sp³-hybridized carbons (Fsp3) is 0.600. The zero-order valence-electron chi connectivity index (χ0n) is 14.1. The molecule has 0 atom stereocenters. The van der Waals surface area contributed by atoms with Crippen LogP contribution in [0.25, 0.3) is 11.2 Å². The van der Waals surface area contributed by atoms with Crippen molar-refractivity contribution in [3.8, 4) is 0 Å². The topological polar surface area (TPSA) is 90.9 Å². The number of carbonyl (C=O) groups is 1. The predicted octanol–water partition coefficient (Wildman–Crippen LogP) is 0.784. The maximum Gasteiger partial charge on any atom is 0.332 e. The van der Waals surface area contributed by atoms with Crippen LogP contribution in [0, 0.1) is 0 Å². The van der Waals surface area contributed by atoms with E-state index in [1.165, 1.54) is 23.2 Å². The minimum Gasteiger partial charge on any atom is -0.355 e. The molecule has 0 aliphatic rings. The van der Waals surface area contributed by atoms with Gasteiger partial charge in [0.1, 0.15) is 6.54 Å². The summed E-state index contributed by atoms with van der Waals surface area (Å²) in [5.41, 5.74) is -0.702. The Kier molecular flexibility index (Phi) is 5.82. The molecule has 0 unspecified atom stereocenters. The molecule has 2 aromatic rings. The number of fused-ring (bicyclic) bond motifs is 1. The number of hydrogen-bond donors (Lipinski definition) is 1. The monoisotopic (exact) mass is 355 g/mol. The van der Waals surface area contributed by atoms with E-state index in [-0.39, 0.29) is 28.9 Å². The average Bonchev–Trinajstić information content (AvgIpc) is 2.87. The Hall–Kier alpha value is -2.09. The van der Waals surface area contributed by atoms with Gasteiger partial charge in [-0.3, -0.25) is 23.3 Å². The lowest BCUT2D eigenvalue weighted by atomic mass is 10.2. The van der Waals surface area contributed by atoms with Gasteiger partial charge in [-0.2, -0.15) is 4.98 Å². The Bertz CT molecular complexity index is 865. The number of hydrogen-bond acceptors (Lipinski definition) is 4. The van der Waals surface area contributed by atoms with Gasteiger partial charge in [-0.05, 0) is 18.0 Å². The maximum absolute atomic E-state index is 12.3. The lowest BCUT2D eigenvalue weighted by Gasteiger charge is -2.08. The van der Waals surface area contributed by atoms with Crippen molar-refractivity contribution in [1.82, 2.24) is 24.0 Å². The first-order chi connectivity index (χ1) is 11.4. The van der Waals surface area contributed by atoms with Crippen LogP contribution in [0.5, 0.6) is 0 Å². The highest BCUT2D eigenvalue weighted by Gasteiger charge is 2.19. The summed E-state index contributed by atoms with van der Waals surface area (Å²) < 4.78 is 3.54. The van der Waals surface area contributed by atoms with Crippen LogP contribution in [0.4, 0.5) is 0 Å². The molecular formula is C15H22ClN5O3. The number of aromatic nitrogens is 4. The van der Waals surface area contributed by atoms with Crippen molar-refractivity contribution < 1.29 is 4.79 Å². The summed E-state index contributed by atoms with van der Waals surface area (Å²) in [6.07, 6.45) is 4.24. The van der Waals surface area contributed by atoms with Crippen LogP contribution in [0.3, 0.4) is 0 Å². The third kappa shape index (κ3) is 3.53. The molecule has 8 nitrogen and oxygen atoms in total. The molecule has 9 heteroatoms. The fourth-order valence-corrected chi connectivity index (χ4v) is 2.77. The highest BCUT2D eigenvalue weighted by Crippen LogP contribution is 2.15. The molecule has 2 rings (SSSR count). The number of unbranched alkanes of at least 4 members (excludes halogenated alkanes) is 3. The first-order valence-corrected chi connectivity index (χ1v) is 8.34. The van der Waals surface area contributed by atoms with Crippen molar-refractivity contribution in [1.29, 1.82) is 0 Å². The van der Waals surface area contributed by atoms with Crippen molar-refractivity contribution in [2.75, 3.05) is 6.54 Å². The highest BCUT2D eigenvalue weighted by molar-refractivity contribution is 6.29. The van der Waals surface area contributed by atoms with Crippen molar-refractivity contribution in [2.24, 2.45) is 14.1 Å². The molecule has 1 amide bonds. The van der Waals surface area contributed by atoms with Crippen molar-refractivity contribution >= 4 is 28.7 Å². The van der Waals surface area contributed by atoms with Crippen molar-refractivity contribution in [2.45, 2.75) is 39.2 Å². The molecule has 24 heavy (non-hydrogen) atoms. The van der Waals surface area contributed by atoms with Crippen LogP contribution >= 0.6 is 11.6 Å². The third-order valence-corrected chi connectivity index (χ3v) is 4.24. The summed E-state index contributed by atoms with van der Waals surface area (Å²) in [6.45, 7) is 2.59. The van der Waals surface area contributed by atoms with Crippen LogP contribution in [-0.2, 0) is 25.4 Å². The molecule has 2 aromatic heterocycles. The molecule has 0 radical (unpaired) electrons. The van der Waals surface area contributed by atoms with Gasteiger partial charge >= 0.3 is 5.69 Å². The molecular weight excluding hydrogens is 334 g/mol. The van der Waals surface area contributed by atoms with Crippen molar-refractivity contribution in [3.05, 3.63) is 26.1 Å². The lowest BCUT2D eigenvalue weighted by molar-refractivity contribution is -0.121. The Morgan fingerprint density at radius 2 is 1.88 bits per heavy atom. The number of rotatable bonds is 7. The minimum absolute atomic E-state index is 0.00410. The zero-order chi connectivity index (χ0) is 17.9. The average molecular weight is 356 g/mol. The van der Waals surface area contributed by atoms with E-state index in [9.17, 15) is 14.4 Å². The summed E-state index contributed by atoms with van der Waals surface area (Å²) in [5, 5.41) is 2.81. The molecule has 0 spiro atoms. The van der Waals surface area contributed by atoms with E-state index in [1.54, 1.807) is 0 Å². The summed E-state index contributed by atoms with van der Waals surface area (Å²) >= 11 is 6.07. The van der Waals surface area contributed by atoms with Crippen molar-refractivity contribution in [3.63, 3.8) is 0 Å². The standard InChI is InChI=1S/C15H22ClN5O3/c1-4-5-6-7-8-17-10(22)9-21-11-12(18-14(21)16)19(2)15(24)20(3)13(11)23/h4-9H2,1-3H3,(H,17,22). The second-order valence-electron chi connectivity index (χ2n) is 5.76. The van der Waals surface area contributed by atoms with E-state index in [1.807, 2.05) is 0 Å². The number of halogens is 1. The van der Waals surface area contributed by atoms with E-state index in [0.29, 0.717) is 6.54 Å². The summed E-state index contributed by atoms with van der Waals surface area (Å²) in [6, 6.07) is 0. The normalized spacial score (nSPS) is 11.2. The molecule has 0 fully saturated rings. The Labute approximate surface area is 144 Å². The molecule has 0 aromatic carbocycles. The van der Waals surface area contributed by atoms with Gasteiger partial charge in [-0.1, -0.05) is 26.2 Å². The first kappa shape index (κ1) is 18.3. The molecule has 2 heterocycles. The highest BCUT2D eigenvalue weighted by atomic mass is 35.5. The van der Waals surface area contributed by atoms with Gasteiger partial charge < -0.3 is 5.32 Å². The van der Waals surface area contributed by atoms with E-state index in [4.69, 9.17) is 11.6 Å². The van der Waals surface area contributed by atoms with Crippen LogP contribution in [0.2, 0.25) is 5.28 Å². The molecule has 0 bridgehead atoms. The van der Waals surface area contributed by atoms with Gasteiger partial charge in [0.2, 0.25) is 11.2 Å². The third-order valence-electron chi connectivity index (χ3n) is 3.96. The summed E-state index contributed by atoms with van der Waals surface area (Å²) in [5.74, 6) is -0.247.